The number of carbonyl (C=O) groups excluding carboxylic acids is 2. The Hall–Kier alpha value is -4.41. The van der Waals surface area contributed by atoms with E-state index in [1.807, 2.05) is 0 Å². The minimum absolute atomic E-state index is 0.00174. The maximum absolute atomic E-state index is 14.9. The fourth-order valence-corrected chi connectivity index (χ4v) is 4.73. The first-order valence-corrected chi connectivity index (χ1v) is 13.4. The smallest absolute Gasteiger partial charge is 0.408 e. The van der Waals surface area contributed by atoms with Gasteiger partial charge in [0.1, 0.15) is 28.6 Å². The van der Waals surface area contributed by atoms with Gasteiger partial charge in [-0.1, -0.05) is 0 Å². The number of nitrogens with one attached hydrogen (secondary N) is 1. The Morgan fingerprint density at radius 2 is 1.76 bits per heavy atom. The molecule has 42 heavy (non-hydrogen) atoms. The Labute approximate surface area is 239 Å². The number of ether oxygens (including phenoxy) is 1. The predicted molar refractivity (Wildman–Crippen MR) is 148 cm³/mol. The lowest BCUT2D eigenvalue weighted by molar-refractivity contribution is -0.0494. The Morgan fingerprint density at radius 1 is 1.02 bits per heavy atom. The van der Waals surface area contributed by atoms with Crippen molar-refractivity contribution in [3.05, 3.63) is 77.7 Å². The molecule has 1 aliphatic rings. The van der Waals surface area contributed by atoms with Crippen molar-refractivity contribution in [3.8, 4) is 22.4 Å². The average Bonchev–Trinajstić information content (AvgIpc) is 3.34. The minimum atomic E-state index is -2.77. The summed E-state index contributed by atoms with van der Waals surface area (Å²) in [7, 11) is 0. The number of fused-ring (bicyclic) bond motifs is 1. The summed E-state index contributed by atoms with van der Waals surface area (Å²) in [5.74, 6) is -4.30. The second kappa shape index (κ2) is 11.1. The predicted octanol–water partition coefficient (Wildman–Crippen LogP) is 7.34. The quantitative estimate of drug-likeness (QED) is 0.249. The molecule has 0 bridgehead atoms. The molecule has 0 spiro atoms. The van der Waals surface area contributed by atoms with E-state index >= 15 is 0 Å². The highest BCUT2D eigenvalue weighted by Gasteiger charge is 2.35. The normalized spacial score (nSPS) is 15.1. The van der Waals surface area contributed by atoms with E-state index in [0.29, 0.717) is 33.6 Å². The topological polar surface area (TPSA) is 84.7 Å². The van der Waals surface area contributed by atoms with E-state index in [1.54, 1.807) is 51.1 Å². The molecule has 0 unspecified atom stereocenters. The van der Waals surface area contributed by atoms with E-state index in [9.17, 15) is 27.2 Å². The van der Waals surface area contributed by atoms with Crippen LogP contribution < -0.4 is 5.32 Å². The van der Waals surface area contributed by atoms with Gasteiger partial charge < -0.3 is 19.4 Å². The number of aromatic nitrogens is 1. The summed E-state index contributed by atoms with van der Waals surface area (Å²) in [6.45, 7) is 5.14. The number of alkyl carbamates (subject to hydrolysis) is 1. The largest absolute Gasteiger partial charge is 0.459 e. The summed E-state index contributed by atoms with van der Waals surface area (Å²) in [5, 5.41) is 3.19. The zero-order valence-electron chi connectivity index (χ0n) is 23.3. The van der Waals surface area contributed by atoms with E-state index in [0.717, 1.165) is 12.1 Å². The van der Waals surface area contributed by atoms with Crippen molar-refractivity contribution in [2.75, 3.05) is 13.1 Å². The lowest BCUT2D eigenvalue weighted by Gasteiger charge is -2.31. The van der Waals surface area contributed by atoms with Gasteiger partial charge in [-0.3, -0.25) is 9.78 Å². The third kappa shape index (κ3) is 6.56. The molecule has 2 amide bonds. The highest BCUT2D eigenvalue weighted by molar-refractivity contribution is 5.97. The Bertz CT molecular complexity index is 1630. The number of carbonyl (C=O) groups is 2. The molecule has 0 radical (unpaired) electrons. The molecular weight excluding hydrogens is 554 g/mol. The van der Waals surface area contributed by atoms with Crippen molar-refractivity contribution >= 4 is 23.0 Å². The molecule has 4 aromatic rings. The highest BCUT2D eigenvalue weighted by Crippen LogP contribution is 2.37. The number of alkyl halides is 2. The van der Waals surface area contributed by atoms with Crippen LogP contribution in [0.2, 0.25) is 0 Å². The summed E-state index contributed by atoms with van der Waals surface area (Å²) >= 11 is 0. The molecule has 0 saturated carbocycles. The molecule has 11 heteroatoms. The maximum atomic E-state index is 14.9. The van der Waals surface area contributed by atoms with E-state index in [-0.39, 0.29) is 49.5 Å². The lowest BCUT2D eigenvalue weighted by Crippen LogP contribution is -2.42. The fraction of sp³-hybridized carbons (Fsp3) is 0.323. The number of piperidine rings is 1. The second-order valence-corrected chi connectivity index (χ2v) is 11.2. The third-order valence-electron chi connectivity index (χ3n) is 6.78. The summed E-state index contributed by atoms with van der Waals surface area (Å²) < 4.78 is 66.9. The van der Waals surface area contributed by atoms with Crippen LogP contribution in [-0.4, -0.2) is 46.5 Å². The van der Waals surface area contributed by atoms with Crippen LogP contribution in [0.4, 0.5) is 22.4 Å². The molecule has 7 nitrogen and oxygen atoms in total. The Balaban J connectivity index is 1.46. The van der Waals surface area contributed by atoms with Gasteiger partial charge in [0.15, 0.2) is 0 Å². The van der Waals surface area contributed by atoms with Crippen LogP contribution in [0.25, 0.3) is 33.4 Å². The van der Waals surface area contributed by atoms with Crippen LogP contribution in [0.3, 0.4) is 0 Å². The number of likely N-dealkylation sites (tertiary alicyclic amines) is 1. The van der Waals surface area contributed by atoms with Gasteiger partial charge in [0.2, 0.25) is 0 Å². The zero-order chi connectivity index (χ0) is 30.2. The van der Waals surface area contributed by atoms with Crippen LogP contribution in [0, 0.1) is 11.6 Å². The molecule has 1 fully saturated rings. The van der Waals surface area contributed by atoms with E-state index < -0.39 is 29.3 Å². The molecule has 220 valence electrons. The van der Waals surface area contributed by atoms with Crippen LogP contribution in [-0.2, 0) is 11.3 Å². The first kappa shape index (κ1) is 29.1. The standard InChI is InChI=1S/C31H29F4N3O4/c1-30(2,3)42-29(40)37-17-22-13-20-12-19(14-24(27(20)41-22)23-6-5-21(32)15-25(23)33)26-7-4-18(16-36-26)28(39)38-10-8-31(34,35)9-11-38/h4-7,12-16H,8-11,17H2,1-3H3,(H,37,40). The van der Waals surface area contributed by atoms with Gasteiger partial charge in [0.25, 0.3) is 11.8 Å². The summed E-state index contributed by atoms with van der Waals surface area (Å²) in [4.78, 5) is 30.8. The SMILES string of the molecule is CC(C)(C)OC(=O)NCc1cc2cc(-c3ccc(C(=O)N4CCC(F)(F)CC4)cn3)cc(-c3ccc(F)cc3F)c2o1. The van der Waals surface area contributed by atoms with Gasteiger partial charge >= 0.3 is 6.09 Å². The molecular formula is C31H29F4N3O4. The van der Waals surface area contributed by atoms with Gasteiger partial charge in [0, 0.05) is 60.3 Å². The molecule has 5 rings (SSSR count). The van der Waals surface area contributed by atoms with Gasteiger partial charge in [0.05, 0.1) is 17.8 Å². The van der Waals surface area contributed by atoms with Crippen molar-refractivity contribution < 1.29 is 36.3 Å². The Kier molecular flexibility index (Phi) is 7.70. The number of pyridine rings is 1. The molecule has 1 N–H and O–H groups in total. The third-order valence-corrected chi connectivity index (χ3v) is 6.78. The van der Waals surface area contributed by atoms with Crippen molar-refractivity contribution in [1.29, 1.82) is 0 Å². The van der Waals surface area contributed by atoms with E-state index in [4.69, 9.17) is 9.15 Å². The van der Waals surface area contributed by atoms with Gasteiger partial charge in [-0.25, -0.2) is 22.4 Å². The molecule has 2 aromatic heterocycles. The minimum Gasteiger partial charge on any atom is -0.459 e. The number of halogens is 4. The fourth-order valence-electron chi connectivity index (χ4n) is 4.73. The van der Waals surface area contributed by atoms with Crippen LogP contribution in [0.5, 0.6) is 0 Å². The van der Waals surface area contributed by atoms with Gasteiger partial charge in [-0.2, -0.15) is 0 Å². The number of nitrogens with zero attached hydrogens (tertiary/aromatic N) is 2. The second-order valence-electron chi connectivity index (χ2n) is 11.2. The molecule has 2 aromatic carbocycles. The molecule has 1 aliphatic heterocycles. The summed E-state index contributed by atoms with van der Waals surface area (Å²) in [6.07, 6.45) is -0.0244. The van der Waals surface area contributed by atoms with Crippen LogP contribution in [0.15, 0.2) is 59.1 Å². The van der Waals surface area contributed by atoms with Gasteiger partial charge in [-0.05, 0) is 63.2 Å². The summed E-state index contributed by atoms with van der Waals surface area (Å²) in [5.41, 5.74) is 1.34. The molecule has 0 atom stereocenters. The first-order chi connectivity index (χ1) is 19.8. The number of benzene rings is 2. The van der Waals surface area contributed by atoms with Gasteiger partial charge in [-0.15, -0.1) is 0 Å². The Morgan fingerprint density at radius 3 is 2.40 bits per heavy atom. The maximum Gasteiger partial charge on any atom is 0.408 e. The van der Waals surface area contributed by atoms with E-state index in [2.05, 4.69) is 10.3 Å². The van der Waals surface area contributed by atoms with Crippen molar-refractivity contribution in [3.63, 3.8) is 0 Å². The van der Waals surface area contributed by atoms with Crippen molar-refractivity contribution in [2.45, 2.75) is 51.7 Å². The highest BCUT2D eigenvalue weighted by atomic mass is 19.3. The molecule has 0 aliphatic carbocycles. The summed E-state index contributed by atoms with van der Waals surface area (Å²) in [6, 6.07) is 11.5. The molecule has 3 heterocycles. The average molecular weight is 584 g/mol. The van der Waals surface area contributed by atoms with Crippen molar-refractivity contribution in [1.82, 2.24) is 15.2 Å². The van der Waals surface area contributed by atoms with Crippen LogP contribution in [0.1, 0.15) is 49.7 Å². The lowest BCUT2D eigenvalue weighted by atomic mass is 9.98. The van der Waals surface area contributed by atoms with E-state index in [1.165, 1.54) is 17.2 Å². The zero-order valence-corrected chi connectivity index (χ0v) is 23.3. The number of hydrogen-bond acceptors (Lipinski definition) is 5. The van der Waals surface area contributed by atoms with Crippen LogP contribution >= 0.6 is 0 Å². The molecule has 1 saturated heterocycles. The first-order valence-electron chi connectivity index (χ1n) is 13.4. The number of furan rings is 1. The monoisotopic (exact) mass is 583 g/mol. The number of amides is 2. The number of hydrogen-bond donors (Lipinski definition) is 1. The van der Waals surface area contributed by atoms with Crippen molar-refractivity contribution in [2.24, 2.45) is 0 Å². The number of rotatable bonds is 5.